The first-order valence-electron chi connectivity index (χ1n) is 10.9. The molecule has 8 nitrogen and oxygen atoms in total. The lowest BCUT2D eigenvalue weighted by molar-refractivity contribution is -0.131. The van der Waals surface area contributed by atoms with E-state index in [-0.39, 0.29) is 17.4 Å². The van der Waals surface area contributed by atoms with Crippen molar-refractivity contribution in [1.82, 2.24) is 24.9 Å². The summed E-state index contributed by atoms with van der Waals surface area (Å²) in [6, 6.07) is 10.0. The highest BCUT2D eigenvalue weighted by Crippen LogP contribution is 2.34. The van der Waals surface area contributed by atoms with Crippen LogP contribution in [-0.2, 0) is 10.2 Å². The Morgan fingerprint density at radius 2 is 1.65 bits per heavy atom. The molecule has 2 aliphatic heterocycles. The molecular weight excluding hydrogens is 412 g/mol. The number of hydrogen-bond acceptors (Lipinski definition) is 6. The summed E-state index contributed by atoms with van der Waals surface area (Å²) < 4.78 is 0. The van der Waals surface area contributed by atoms with Crippen LogP contribution in [0, 0.1) is 0 Å². The molecule has 0 saturated carbocycles. The van der Waals surface area contributed by atoms with Gasteiger partial charge in [-0.15, -0.1) is 10.2 Å². The van der Waals surface area contributed by atoms with Crippen LogP contribution in [0.25, 0.3) is 0 Å². The molecule has 4 rings (SSSR count). The highest BCUT2D eigenvalue weighted by Gasteiger charge is 2.29. The maximum absolute atomic E-state index is 12.7. The Balaban J connectivity index is 1.28. The van der Waals surface area contributed by atoms with E-state index in [9.17, 15) is 9.59 Å². The maximum Gasteiger partial charge on any atom is 0.323 e. The number of nitrogens with zero attached hydrogens (tertiary/aromatic N) is 5. The van der Waals surface area contributed by atoms with E-state index in [4.69, 9.17) is 0 Å². The Labute approximate surface area is 187 Å². The van der Waals surface area contributed by atoms with E-state index < -0.39 is 0 Å². The molecule has 2 fully saturated rings. The van der Waals surface area contributed by atoms with Gasteiger partial charge in [-0.1, -0.05) is 41.7 Å². The van der Waals surface area contributed by atoms with Gasteiger partial charge in [0.25, 0.3) is 0 Å². The van der Waals surface area contributed by atoms with E-state index in [0.717, 1.165) is 36.5 Å². The van der Waals surface area contributed by atoms with E-state index in [2.05, 4.69) is 46.4 Å². The van der Waals surface area contributed by atoms with Crippen molar-refractivity contribution in [2.24, 2.45) is 0 Å². The quantitative estimate of drug-likeness (QED) is 0.770. The van der Waals surface area contributed by atoms with Gasteiger partial charge in [-0.25, -0.2) is 4.79 Å². The second-order valence-corrected chi connectivity index (χ2v) is 9.66. The minimum atomic E-state index is -0.282. The zero-order valence-electron chi connectivity index (χ0n) is 18.2. The van der Waals surface area contributed by atoms with Gasteiger partial charge < -0.3 is 9.80 Å². The second-order valence-electron chi connectivity index (χ2n) is 8.68. The third-order valence-corrected chi connectivity index (χ3v) is 7.31. The lowest BCUT2D eigenvalue weighted by Crippen LogP contribution is -2.52. The van der Waals surface area contributed by atoms with Crippen LogP contribution < -0.4 is 5.32 Å². The number of amides is 3. The lowest BCUT2D eigenvalue weighted by Gasteiger charge is -2.34. The van der Waals surface area contributed by atoms with Crippen LogP contribution >= 0.6 is 11.3 Å². The van der Waals surface area contributed by atoms with Gasteiger partial charge in [-0.3, -0.25) is 15.0 Å². The van der Waals surface area contributed by atoms with E-state index in [1.807, 2.05) is 23.1 Å². The number of carbonyl (C=O) groups excluding carboxylic acids is 2. The number of likely N-dealkylation sites (tertiary alicyclic amines) is 1. The molecule has 0 spiro atoms. The highest BCUT2D eigenvalue weighted by molar-refractivity contribution is 7.15. The molecule has 2 aliphatic rings. The normalized spacial score (nSPS) is 17.7. The first-order valence-corrected chi connectivity index (χ1v) is 11.7. The fourth-order valence-electron chi connectivity index (χ4n) is 4.04. The summed E-state index contributed by atoms with van der Waals surface area (Å²) in [4.78, 5) is 30.9. The van der Waals surface area contributed by atoms with Crippen LogP contribution in [0.1, 0.15) is 37.3 Å². The average Bonchev–Trinajstić information content (AvgIpc) is 3.48. The smallest absolute Gasteiger partial charge is 0.323 e. The number of rotatable bonds is 5. The van der Waals surface area contributed by atoms with Gasteiger partial charge >= 0.3 is 6.03 Å². The molecule has 0 aliphatic carbocycles. The minimum absolute atomic E-state index is 0.161. The monoisotopic (exact) mass is 442 g/mol. The van der Waals surface area contributed by atoms with Crippen LogP contribution in [0.15, 0.2) is 30.3 Å². The SMILES string of the molecule is CC(C)(c1ccccc1)c1nnc(NC(=O)N2CCN(CC(=O)N3CCCC3)CC2)s1. The fraction of sp³-hybridized carbons (Fsp3) is 0.545. The zero-order chi connectivity index (χ0) is 21.8. The van der Waals surface area contributed by atoms with Crippen molar-refractivity contribution in [2.45, 2.75) is 32.1 Å². The van der Waals surface area contributed by atoms with Crippen LogP contribution in [0.4, 0.5) is 9.93 Å². The Kier molecular flexibility index (Phi) is 6.52. The summed E-state index contributed by atoms with van der Waals surface area (Å²) in [6.45, 7) is 9.03. The summed E-state index contributed by atoms with van der Waals surface area (Å²) in [7, 11) is 0. The molecule has 1 aromatic heterocycles. The van der Waals surface area contributed by atoms with Crippen LogP contribution in [0.5, 0.6) is 0 Å². The summed E-state index contributed by atoms with van der Waals surface area (Å²) in [5.41, 5.74) is 0.874. The predicted octanol–water partition coefficient (Wildman–Crippen LogP) is 2.64. The molecule has 0 bridgehead atoms. The average molecular weight is 443 g/mol. The molecule has 31 heavy (non-hydrogen) atoms. The van der Waals surface area contributed by atoms with Crippen molar-refractivity contribution < 1.29 is 9.59 Å². The van der Waals surface area contributed by atoms with Gasteiger partial charge in [0.05, 0.1) is 6.54 Å². The van der Waals surface area contributed by atoms with E-state index in [0.29, 0.717) is 37.9 Å². The molecule has 0 radical (unpaired) electrons. The molecule has 0 unspecified atom stereocenters. The van der Waals surface area contributed by atoms with Gasteiger partial charge in [0.2, 0.25) is 11.0 Å². The molecule has 1 N–H and O–H groups in total. The number of benzene rings is 1. The number of anilines is 1. The van der Waals surface area contributed by atoms with Crippen molar-refractivity contribution in [1.29, 1.82) is 0 Å². The topological polar surface area (TPSA) is 81.7 Å². The number of piperazine rings is 1. The van der Waals surface area contributed by atoms with Crippen molar-refractivity contribution in [3.8, 4) is 0 Å². The van der Waals surface area contributed by atoms with Crippen LogP contribution in [0.3, 0.4) is 0 Å². The second kappa shape index (κ2) is 9.32. The van der Waals surface area contributed by atoms with Gasteiger partial charge in [0, 0.05) is 44.7 Å². The molecule has 3 heterocycles. The van der Waals surface area contributed by atoms with Crippen molar-refractivity contribution >= 4 is 28.4 Å². The Bertz CT molecular complexity index is 902. The Morgan fingerprint density at radius 3 is 2.32 bits per heavy atom. The molecule has 2 aromatic rings. The highest BCUT2D eigenvalue weighted by atomic mass is 32.1. The van der Waals surface area contributed by atoms with E-state index >= 15 is 0 Å². The largest absolute Gasteiger partial charge is 0.342 e. The van der Waals surface area contributed by atoms with Crippen molar-refractivity contribution in [3.63, 3.8) is 0 Å². The molecule has 3 amide bonds. The van der Waals surface area contributed by atoms with Crippen LogP contribution in [-0.4, -0.2) is 82.6 Å². The maximum atomic E-state index is 12.7. The van der Waals surface area contributed by atoms with Gasteiger partial charge in [0.1, 0.15) is 5.01 Å². The Hall–Kier alpha value is -2.52. The van der Waals surface area contributed by atoms with Gasteiger partial charge in [0.15, 0.2) is 0 Å². The molecule has 2 saturated heterocycles. The first kappa shape index (κ1) is 21.7. The standard InChI is InChI=1S/C22H30N6O2S/c1-22(2,17-8-4-3-5-9-17)19-24-25-20(31-19)23-21(30)28-14-12-26(13-15-28)16-18(29)27-10-6-7-11-27/h3-5,8-9H,6-7,10-16H2,1-2H3,(H,23,25,30). The van der Waals surface area contributed by atoms with Crippen LogP contribution in [0.2, 0.25) is 0 Å². The van der Waals surface area contributed by atoms with E-state index in [1.165, 1.54) is 11.3 Å². The summed E-state index contributed by atoms with van der Waals surface area (Å²) in [6.07, 6.45) is 2.21. The van der Waals surface area contributed by atoms with E-state index in [1.54, 1.807) is 4.90 Å². The molecule has 9 heteroatoms. The molecule has 1 aromatic carbocycles. The minimum Gasteiger partial charge on any atom is -0.342 e. The zero-order valence-corrected chi connectivity index (χ0v) is 19.0. The van der Waals surface area contributed by atoms with Gasteiger partial charge in [-0.2, -0.15) is 0 Å². The predicted molar refractivity (Wildman–Crippen MR) is 121 cm³/mol. The third-order valence-electron chi connectivity index (χ3n) is 6.15. The number of hydrogen-bond donors (Lipinski definition) is 1. The number of carbonyl (C=O) groups is 2. The lowest BCUT2D eigenvalue weighted by atomic mass is 9.85. The number of aromatic nitrogens is 2. The fourth-order valence-corrected chi connectivity index (χ4v) is 4.90. The molecular formula is C22H30N6O2S. The summed E-state index contributed by atoms with van der Waals surface area (Å²) in [5, 5.41) is 12.8. The molecule has 166 valence electrons. The number of urea groups is 1. The Morgan fingerprint density at radius 1 is 0.968 bits per heavy atom. The molecule has 0 atom stereocenters. The third kappa shape index (κ3) is 5.04. The van der Waals surface area contributed by atoms with Crippen molar-refractivity contribution in [3.05, 3.63) is 40.9 Å². The van der Waals surface area contributed by atoms with Gasteiger partial charge in [-0.05, 0) is 32.3 Å². The first-order chi connectivity index (χ1) is 14.9. The summed E-state index contributed by atoms with van der Waals surface area (Å²) in [5.74, 6) is 0.206. The number of nitrogens with one attached hydrogen (secondary N) is 1. The summed E-state index contributed by atoms with van der Waals surface area (Å²) >= 11 is 1.41. The van der Waals surface area contributed by atoms with Crippen molar-refractivity contribution in [2.75, 3.05) is 51.1 Å².